The fourth-order valence-corrected chi connectivity index (χ4v) is 3.76. The summed E-state index contributed by atoms with van der Waals surface area (Å²) in [6.45, 7) is 7.97. The van der Waals surface area contributed by atoms with E-state index in [1.807, 2.05) is 33.8 Å². The molecule has 0 aromatic heterocycles. The molecule has 0 aliphatic carbocycles. The normalized spacial score (nSPS) is 23.8. The van der Waals surface area contributed by atoms with Crippen molar-refractivity contribution in [1.82, 2.24) is 0 Å². The molecule has 2 rings (SSSR count). The molecule has 1 aliphatic rings. The third kappa shape index (κ3) is 3.61. The Hall–Kier alpha value is -0.870. The number of halogens is 1. The van der Waals surface area contributed by atoms with Crippen molar-refractivity contribution in [2.45, 2.75) is 50.2 Å². The maximum atomic E-state index is 13.1. The van der Waals surface area contributed by atoms with E-state index in [4.69, 9.17) is 4.74 Å². The van der Waals surface area contributed by atoms with Crippen LogP contribution >= 0.6 is 11.8 Å². The van der Waals surface area contributed by atoms with Gasteiger partial charge in [-0.1, -0.05) is 6.07 Å². The van der Waals surface area contributed by atoms with Crippen molar-refractivity contribution >= 4 is 17.5 Å². The maximum Gasteiger partial charge on any atom is 0.149 e. The molecule has 0 N–H and O–H groups in total. The number of rotatable bonds is 4. The zero-order chi connectivity index (χ0) is 15.0. The zero-order valence-corrected chi connectivity index (χ0v) is 13.2. The van der Waals surface area contributed by atoms with Crippen molar-refractivity contribution in [2.24, 2.45) is 5.92 Å². The van der Waals surface area contributed by atoms with Crippen LogP contribution in [0, 0.1) is 11.7 Å². The van der Waals surface area contributed by atoms with Crippen molar-refractivity contribution < 1.29 is 13.9 Å². The lowest BCUT2D eigenvalue weighted by atomic mass is 9.84. The molecule has 4 heteroatoms. The molecule has 0 saturated carbocycles. The molecule has 20 heavy (non-hydrogen) atoms. The van der Waals surface area contributed by atoms with E-state index in [0.29, 0.717) is 5.75 Å². The summed E-state index contributed by atoms with van der Waals surface area (Å²) in [5.41, 5.74) is -0.684. The Labute approximate surface area is 124 Å². The first-order valence-electron chi connectivity index (χ1n) is 6.81. The van der Waals surface area contributed by atoms with Gasteiger partial charge in [-0.15, -0.1) is 11.8 Å². The molecule has 0 spiro atoms. The molecule has 1 aromatic rings. The molecule has 1 heterocycles. The number of hydrogen-bond acceptors (Lipinski definition) is 3. The van der Waals surface area contributed by atoms with Crippen LogP contribution in [0.3, 0.4) is 0 Å². The number of carbonyl (C=O) groups excluding carboxylic acids is 1. The number of carbonyl (C=O) groups is 1. The lowest BCUT2D eigenvalue weighted by Gasteiger charge is -2.26. The van der Waals surface area contributed by atoms with Crippen LogP contribution in [-0.4, -0.2) is 22.7 Å². The molecule has 0 bridgehead atoms. The molecule has 0 radical (unpaired) electrons. The van der Waals surface area contributed by atoms with Gasteiger partial charge in [-0.2, -0.15) is 0 Å². The van der Waals surface area contributed by atoms with Gasteiger partial charge in [-0.05, 0) is 52.3 Å². The van der Waals surface area contributed by atoms with E-state index in [0.717, 1.165) is 11.3 Å². The fourth-order valence-electron chi connectivity index (χ4n) is 2.88. The van der Waals surface area contributed by atoms with E-state index in [9.17, 15) is 9.18 Å². The first-order chi connectivity index (χ1) is 9.20. The minimum Gasteiger partial charge on any atom is -0.369 e. The molecule has 1 aromatic carbocycles. The smallest absolute Gasteiger partial charge is 0.149 e. The molecule has 1 fully saturated rings. The fraction of sp³-hybridized carbons (Fsp3) is 0.562. The molecule has 110 valence electrons. The van der Waals surface area contributed by atoms with E-state index in [-0.39, 0.29) is 23.1 Å². The van der Waals surface area contributed by atoms with Gasteiger partial charge in [0.2, 0.25) is 0 Å². The van der Waals surface area contributed by atoms with E-state index >= 15 is 0 Å². The molecule has 1 aliphatic heterocycles. The van der Waals surface area contributed by atoms with Crippen molar-refractivity contribution in [2.75, 3.05) is 5.75 Å². The molecule has 1 unspecified atom stereocenters. The lowest BCUT2D eigenvalue weighted by molar-refractivity contribution is -0.126. The van der Waals surface area contributed by atoms with Gasteiger partial charge in [0, 0.05) is 10.8 Å². The van der Waals surface area contributed by atoms with E-state index in [1.54, 1.807) is 6.07 Å². The number of thioether (sulfide) groups is 1. The monoisotopic (exact) mass is 296 g/mol. The predicted octanol–water partition coefficient (Wildman–Crippen LogP) is 4.08. The highest BCUT2D eigenvalue weighted by atomic mass is 32.2. The van der Waals surface area contributed by atoms with Gasteiger partial charge in [-0.25, -0.2) is 4.39 Å². The predicted molar refractivity (Wildman–Crippen MR) is 79.5 cm³/mol. The highest BCUT2D eigenvalue weighted by Crippen LogP contribution is 2.42. The summed E-state index contributed by atoms with van der Waals surface area (Å²) in [6.07, 6.45) is 0.739. The molecular formula is C16H21FO2S. The number of Topliss-reactive ketones (excluding diaryl/α,β-unsaturated/α-hetero) is 1. The number of hydrogen-bond donors (Lipinski definition) is 0. The van der Waals surface area contributed by atoms with Gasteiger partial charge in [0.25, 0.3) is 0 Å². The molecule has 1 atom stereocenters. The van der Waals surface area contributed by atoms with Gasteiger partial charge >= 0.3 is 0 Å². The van der Waals surface area contributed by atoms with Crippen LogP contribution in [-0.2, 0) is 9.53 Å². The zero-order valence-electron chi connectivity index (χ0n) is 12.4. The maximum absolute atomic E-state index is 13.1. The van der Waals surface area contributed by atoms with Crippen LogP contribution in [0.2, 0.25) is 0 Å². The topological polar surface area (TPSA) is 26.3 Å². The van der Waals surface area contributed by atoms with Crippen molar-refractivity contribution in [3.8, 4) is 0 Å². The molecular weight excluding hydrogens is 275 g/mol. The summed E-state index contributed by atoms with van der Waals surface area (Å²) in [5.74, 6) is 0.165. The second-order valence-electron chi connectivity index (χ2n) is 6.43. The minimum absolute atomic E-state index is 0.0986. The van der Waals surface area contributed by atoms with Crippen molar-refractivity contribution in [1.29, 1.82) is 0 Å². The molecule has 0 amide bonds. The first kappa shape index (κ1) is 15.5. The Morgan fingerprint density at radius 3 is 2.65 bits per heavy atom. The average molecular weight is 296 g/mol. The van der Waals surface area contributed by atoms with E-state index < -0.39 is 5.60 Å². The minimum atomic E-state index is -0.427. The summed E-state index contributed by atoms with van der Waals surface area (Å²) in [5, 5.41) is 0. The van der Waals surface area contributed by atoms with Crippen LogP contribution in [0.15, 0.2) is 29.2 Å². The van der Waals surface area contributed by atoms with Gasteiger partial charge in [0.05, 0.1) is 17.0 Å². The Morgan fingerprint density at radius 1 is 1.40 bits per heavy atom. The van der Waals surface area contributed by atoms with E-state index in [1.165, 1.54) is 23.9 Å². The third-order valence-electron chi connectivity index (χ3n) is 3.64. The number of ketones is 1. The van der Waals surface area contributed by atoms with Crippen molar-refractivity contribution in [3.63, 3.8) is 0 Å². The third-order valence-corrected chi connectivity index (χ3v) is 4.66. The second kappa shape index (κ2) is 5.49. The van der Waals surface area contributed by atoms with Crippen LogP contribution < -0.4 is 0 Å². The van der Waals surface area contributed by atoms with Gasteiger partial charge in [0.15, 0.2) is 0 Å². The lowest BCUT2D eigenvalue weighted by Crippen LogP contribution is -2.34. The first-order valence-corrected chi connectivity index (χ1v) is 7.79. The largest absolute Gasteiger partial charge is 0.369 e. The van der Waals surface area contributed by atoms with Crippen LogP contribution in [0.1, 0.15) is 34.1 Å². The number of benzene rings is 1. The summed E-state index contributed by atoms with van der Waals surface area (Å²) < 4.78 is 19.0. The Balaban J connectivity index is 1.99. The Morgan fingerprint density at radius 2 is 2.10 bits per heavy atom. The summed E-state index contributed by atoms with van der Waals surface area (Å²) in [7, 11) is 0. The summed E-state index contributed by atoms with van der Waals surface area (Å²) in [4.78, 5) is 13.2. The summed E-state index contributed by atoms with van der Waals surface area (Å²) >= 11 is 1.39. The number of ether oxygens (including phenoxy) is 1. The standard InChI is InChI=1S/C16H21FO2S/c1-15(2)9-13(16(3,4)19-15)14(18)10-20-12-7-5-6-11(17)8-12/h5-8,13H,9-10H2,1-4H3. The van der Waals surface area contributed by atoms with Gasteiger partial charge in [0.1, 0.15) is 11.6 Å². The SMILES string of the molecule is CC1(C)CC(C(=O)CSc2cccc(F)c2)C(C)(C)O1. The highest BCUT2D eigenvalue weighted by molar-refractivity contribution is 8.00. The van der Waals surface area contributed by atoms with Crippen LogP contribution in [0.4, 0.5) is 4.39 Å². The highest BCUT2D eigenvalue weighted by Gasteiger charge is 2.48. The van der Waals surface area contributed by atoms with Crippen LogP contribution in [0.5, 0.6) is 0 Å². The van der Waals surface area contributed by atoms with Gasteiger partial charge < -0.3 is 4.74 Å². The average Bonchev–Trinajstić information content (AvgIpc) is 2.54. The quantitative estimate of drug-likeness (QED) is 0.783. The second-order valence-corrected chi connectivity index (χ2v) is 7.48. The van der Waals surface area contributed by atoms with Gasteiger partial charge in [-0.3, -0.25) is 4.79 Å². The Bertz CT molecular complexity index is 511. The van der Waals surface area contributed by atoms with Crippen molar-refractivity contribution in [3.05, 3.63) is 30.1 Å². The summed E-state index contributed by atoms with van der Waals surface area (Å²) in [6, 6.07) is 6.34. The van der Waals surface area contributed by atoms with E-state index in [2.05, 4.69) is 0 Å². The van der Waals surface area contributed by atoms with Crippen LogP contribution in [0.25, 0.3) is 0 Å². The Kier molecular flexibility index (Phi) is 4.26. The molecule has 1 saturated heterocycles. The molecule has 2 nitrogen and oxygen atoms in total.